The summed E-state index contributed by atoms with van der Waals surface area (Å²) in [5.41, 5.74) is 2.03. The summed E-state index contributed by atoms with van der Waals surface area (Å²) in [5, 5.41) is 7.11. The molecule has 7 nitrogen and oxygen atoms in total. The second kappa shape index (κ2) is 9.01. The molecule has 27 heavy (non-hydrogen) atoms. The van der Waals surface area contributed by atoms with Crippen LogP contribution in [0.25, 0.3) is 11.1 Å². The van der Waals surface area contributed by atoms with Gasteiger partial charge in [-0.3, -0.25) is 14.4 Å². The first kappa shape index (κ1) is 19.4. The number of aryl methyl sites for hydroxylation is 1. The Labute approximate surface area is 160 Å². The highest BCUT2D eigenvalue weighted by atomic mass is 16.5. The number of nitrogens with zero attached hydrogens (tertiary/aromatic N) is 4. The van der Waals surface area contributed by atoms with E-state index in [1.54, 1.807) is 10.7 Å². The van der Waals surface area contributed by atoms with Crippen molar-refractivity contribution in [2.24, 2.45) is 7.05 Å². The average molecular weight is 370 g/mol. The number of aromatic nitrogens is 2. The molecular weight excluding hydrogens is 342 g/mol. The van der Waals surface area contributed by atoms with Crippen molar-refractivity contribution in [1.82, 2.24) is 24.9 Å². The standard InChI is InChI=1S/C20H28N5O2/c1-23(2)18-7-9-25(14-18)15-20(26)21-8-10-27-19-6-4-5-16(11-19)17-12-22-24(3)13-17/h5-6,11-13,18H,7-10,14-15H2,1-3H3,(H,21,26)/t18-/m1/s1. The summed E-state index contributed by atoms with van der Waals surface area (Å²) in [6.07, 6.45) is 4.88. The predicted octanol–water partition coefficient (Wildman–Crippen LogP) is 1.02. The van der Waals surface area contributed by atoms with Crippen LogP contribution in [0.15, 0.2) is 30.6 Å². The fraction of sp³-hybridized carbons (Fsp3) is 0.500. The highest BCUT2D eigenvalue weighted by Gasteiger charge is 2.24. The minimum Gasteiger partial charge on any atom is -0.492 e. The van der Waals surface area contributed by atoms with Gasteiger partial charge in [0.2, 0.25) is 5.91 Å². The summed E-state index contributed by atoms with van der Waals surface area (Å²) >= 11 is 0. The lowest BCUT2D eigenvalue weighted by molar-refractivity contribution is -0.122. The first-order valence-electron chi connectivity index (χ1n) is 9.29. The molecule has 2 heterocycles. The van der Waals surface area contributed by atoms with Gasteiger partial charge < -0.3 is 15.0 Å². The van der Waals surface area contributed by atoms with Gasteiger partial charge in [0.1, 0.15) is 12.4 Å². The van der Waals surface area contributed by atoms with E-state index in [4.69, 9.17) is 4.74 Å². The van der Waals surface area contributed by atoms with Crippen LogP contribution >= 0.6 is 0 Å². The van der Waals surface area contributed by atoms with E-state index >= 15 is 0 Å². The third kappa shape index (κ3) is 5.55. The zero-order valence-electron chi connectivity index (χ0n) is 16.3. The minimum atomic E-state index is 0.0497. The second-order valence-electron chi connectivity index (χ2n) is 7.20. The van der Waals surface area contributed by atoms with Crippen LogP contribution in [0, 0.1) is 6.07 Å². The molecule has 1 radical (unpaired) electrons. The monoisotopic (exact) mass is 370 g/mol. The summed E-state index contributed by atoms with van der Waals surface area (Å²) in [6.45, 7) is 3.30. The zero-order chi connectivity index (χ0) is 19.2. The number of ether oxygens (including phenoxy) is 1. The van der Waals surface area contributed by atoms with Gasteiger partial charge in [0.25, 0.3) is 0 Å². The van der Waals surface area contributed by atoms with Crippen LogP contribution in [-0.2, 0) is 11.8 Å². The quantitative estimate of drug-likeness (QED) is 0.703. The molecule has 7 heteroatoms. The first-order valence-corrected chi connectivity index (χ1v) is 9.29. The van der Waals surface area contributed by atoms with Gasteiger partial charge in [-0.15, -0.1) is 0 Å². The smallest absolute Gasteiger partial charge is 0.234 e. The van der Waals surface area contributed by atoms with E-state index in [2.05, 4.69) is 40.4 Å². The predicted molar refractivity (Wildman–Crippen MR) is 105 cm³/mol. The molecule has 0 unspecified atom stereocenters. The van der Waals surface area contributed by atoms with Gasteiger partial charge in [0.15, 0.2) is 0 Å². The molecule has 2 aromatic rings. The van der Waals surface area contributed by atoms with Gasteiger partial charge in [-0.1, -0.05) is 0 Å². The molecule has 0 saturated carbocycles. The van der Waals surface area contributed by atoms with E-state index < -0.39 is 0 Å². The van der Waals surface area contributed by atoms with Gasteiger partial charge in [-0.2, -0.15) is 5.10 Å². The van der Waals surface area contributed by atoms with Crippen molar-refractivity contribution in [1.29, 1.82) is 0 Å². The molecule has 1 atom stereocenters. The molecular formula is C20H28N5O2. The van der Waals surface area contributed by atoms with Crippen molar-refractivity contribution < 1.29 is 9.53 Å². The van der Waals surface area contributed by atoms with Crippen molar-refractivity contribution in [2.75, 3.05) is 46.9 Å². The van der Waals surface area contributed by atoms with Crippen molar-refractivity contribution in [3.63, 3.8) is 0 Å². The largest absolute Gasteiger partial charge is 0.492 e. The molecule has 1 amide bonds. The van der Waals surface area contributed by atoms with E-state index in [1.807, 2.05) is 31.6 Å². The molecule has 0 bridgehead atoms. The van der Waals surface area contributed by atoms with Gasteiger partial charge >= 0.3 is 0 Å². The summed E-state index contributed by atoms with van der Waals surface area (Å²) < 4.78 is 7.51. The van der Waals surface area contributed by atoms with Crippen LogP contribution in [-0.4, -0.2) is 78.4 Å². The van der Waals surface area contributed by atoms with Crippen LogP contribution in [0.1, 0.15) is 6.42 Å². The molecule has 1 aliphatic rings. The van der Waals surface area contributed by atoms with E-state index in [-0.39, 0.29) is 5.91 Å². The number of likely N-dealkylation sites (tertiary alicyclic amines) is 1. The Morgan fingerprint density at radius 1 is 1.41 bits per heavy atom. The molecule has 145 valence electrons. The van der Waals surface area contributed by atoms with Gasteiger partial charge in [-0.05, 0) is 50.3 Å². The Morgan fingerprint density at radius 2 is 2.26 bits per heavy atom. The molecule has 0 aliphatic carbocycles. The van der Waals surface area contributed by atoms with Crippen molar-refractivity contribution in [3.8, 4) is 16.9 Å². The maximum Gasteiger partial charge on any atom is 0.234 e. The van der Waals surface area contributed by atoms with E-state index in [9.17, 15) is 4.79 Å². The molecule has 1 N–H and O–H groups in total. The normalized spacial score (nSPS) is 17.4. The molecule has 1 aromatic carbocycles. The van der Waals surface area contributed by atoms with Gasteiger partial charge in [0, 0.05) is 37.9 Å². The topological polar surface area (TPSA) is 62.6 Å². The number of benzene rings is 1. The SMILES string of the molecule is CN(C)[C@@H]1CCN(CC(=O)NCCOc2c[c]cc(-c3cnn(C)c3)c2)C1. The first-order chi connectivity index (χ1) is 13.0. The zero-order valence-corrected chi connectivity index (χ0v) is 16.3. The van der Waals surface area contributed by atoms with E-state index in [1.165, 1.54) is 0 Å². The van der Waals surface area contributed by atoms with Crippen molar-refractivity contribution in [2.45, 2.75) is 12.5 Å². The van der Waals surface area contributed by atoms with Crippen molar-refractivity contribution >= 4 is 5.91 Å². The fourth-order valence-electron chi connectivity index (χ4n) is 3.27. The lowest BCUT2D eigenvalue weighted by atomic mass is 10.1. The number of hydrogen-bond donors (Lipinski definition) is 1. The van der Waals surface area contributed by atoms with Gasteiger partial charge in [0.05, 0.1) is 19.3 Å². The minimum absolute atomic E-state index is 0.0497. The van der Waals surface area contributed by atoms with Crippen LogP contribution in [0.2, 0.25) is 0 Å². The molecule has 1 aliphatic heterocycles. The third-order valence-corrected chi connectivity index (χ3v) is 4.84. The number of carbonyl (C=O) groups is 1. The molecule has 0 spiro atoms. The Morgan fingerprint density at radius 3 is 2.96 bits per heavy atom. The Balaban J connectivity index is 1.38. The van der Waals surface area contributed by atoms with Crippen molar-refractivity contribution in [3.05, 3.63) is 36.7 Å². The van der Waals surface area contributed by atoms with E-state index in [0.29, 0.717) is 25.7 Å². The third-order valence-electron chi connectivity index (χ3n) is 4.84. The van der Waals surface area contributed by atoms with Crippen LogP contribution in [0.5, 0.6) is 5.75 Å². The van der Waals surface area contributed by atoms with Gasteiger partial charge in [-0.25, -0.2) is 0 Å². The van der Waals surface area contributed by atoms with Crippen LogP contribution in [0.3, 0.4) is 0 Å². The highest BCUT2D eigenvalue weighted by molar-refractivity contribution is 5.78. The lowest BCUT2D eigenvalue weighted by Crippen LogP contribution is -2.39. The summed E-state index contributed by atoms with van der Waals surface area (Å²) in [6, 6.07) is 9.30. The number of hydrogen-bond acceptors (Lipinski definition) is 5. The number of rotatable bonds is 8. The molecule has 1 saturated heterocycles. The summed E-state index contributed by atoms with van der Waals surface area (Å²) in [4.78, 5) is 16.5. The Kier molecular flexibility index (Phi) is 6.47. The Bertz CT molecular complexity index is 758. The average Bonchev–Trinajstić information content (AvgIpc) is 3.28. The number of amides is 1. The van der Waals surface area contributed by atoms with Crippen LogP contribution in [0.4, 0.5) is 0 Å². The van der Waals surface area contributed by atoms with E-state index in [0.717, 1.165) is 36.4 Å². The Hall–Kier alpha value is -2.38. The molecule has 1 aromatic heterocycles. The maximum absolute atomic E-state index is 12.1. The molecule has 1 fully saturated rings. The number of likely N-dealkylation sites (N-methyl/N-ethyl adjacent to an activating group) is 1. The van der Waals surface area contributed by atoms with Crippen LogP contribution < -0.4 is 10.1 Å². The maximum atomic E-state index is 12.1. The second-order valence-corrected chi connectivity index (χ2v) is 7.20. The number of carbonyl (C=O) groups excluding carboxylic acids is 1. The molecule has 3 rings (SSSR count). The number of nitrogens with one attached hydrogen (secondary N) is 1. The summed E-state index contributed by atoms with van der Waals surface area (Å²) in [5.74, 6) is 0.785. The highest BCUT2D eigenvalue weighted by Crippen LogP contribution is 2.22. The lowest BCUT2D eigenvalue weighted by Gasteiger charge is -2.20. The summed E-state index contributed by atoms with van der Waals surface area (Å²) in [7, 11) is 6.07. The fourth-order valence-corrected chi connectivity index (χ4v) is 3.27.